The first-order valence-electron chi connectivity index (χ1n) is 11.4. The van der Waals surface area contributed by atoms with Crippen LogP contribution in [0.1, 0.15) is 37.8 Å². The zero-order valence-electron chi connectivity index (χ0n) is 20.9. The van der Waals surface area contributed by atoms with Crippen LogP contribution < -0.4 is 14.4 Å². The Bertz CT molecular complexity index is 1140. The molecule has 10 heteroatoms. The van der Waals surface area contributed by atoms with Crippen LogP contribution in [0.25, 0.3) is 0 Å². The first-order valence-corrected chi connectivity index (χ1v) is 13.6. The van der Waals surface area contributed by atoms with Gasteiger partial charge >= 0.3 is 0 Å². The molecule has 0 fully saturated rings. The zero-order chi connectivity index (χ0) is 26.2. The van der Waals surface area contributed by atoms with Gasteiger partial charge in [0.1, 0.15) is 18.3 Å². The third kappa shape index (κ3) is 8.14. The second-order valence-corrected chi connectivity index (χ2v) is 10.8. The van der Waals surface area contributed by atoms with Crippen molar-refractivity contribution in [3.63, 3.8) is 0 Å². The van der Waals surface area contributed by atoms with Crippen LogP contribution in [0.5, 0.6) is 5.75 Å². The van der Waals surface area contributed by atoms with Crippen molar-refractivity contribution in [3.8, 4) is 5.75 Å². The van der Waals surface area contributed by atoms with Crippen LogP contribution in [0.4, 0.5) is 5.69 Å². The molecule has 0 aliphatic carbocycles. The number of amides is 2. The molecular formula is C25H34ClN3O5S. The van der Waals surface area contributed by atoms with Crippen LogP contribution in [0.3, 0.4) is 0 Å². The molecule has 0 radical (unpaired) electrons. The number of sulfonamides is 1. The smallest absolute Gasteiger partial charge is 0.244 e. The molecule has 35 heavy (non-hydrogen) atoms. The number of nitrogens with zero attached hydrogens (tertiary/aromatic N) is 2. The summed E-state index contributed by atoms with van der Waals surface area (Å²) in [4.78, 5) is 27.8. The first-order chi connectivity index (χ1) is 16.5. The number of unbranched alkanes of at least 4 members (excludes halogenated alkanes) is 1. The maximum atomic E-state index is 13.6. The van der Waals surface area contributed by atoms with Gasteiger partial charge in [-0.05, 0) is 44.0 Å². The molecule has 192 valence electrons. The molecule has 1 atom stereocenters. The molecule has 0 spiro atoms. The predicted molar refractivity (Wildman–Crippen MR) is 139 cm³/mol. The number of carbonyl (C=O) groups is 2. The number of carbonyl (C=O) groups excluding carboxylic acids is 2. The predicted octanol–water partition coefficient (Wildman–Crippen LogP) is 3.76. The summed E-state index contributed by atoms with van der Waals surface area (Å²) in [5, 5.41) is 3.15. The second-order valence-electron chi connectivity index (χ2n) is 8.42. The van der Waals surface area contributed by atoms with Crippen LogP contribution >= 0.6 is 11.6 Å². The van der Waals surface area contributed by atoms with Crippen LogP contribution in [0.15, 0.2) is 42.5 Å². The molecule has 2 aromatic rings. The quantitative estimate of drug-likeness (QED) is 0.427. The standard InChI is InChI=1S/C25H34ClN3O5S/c1-6-7-13-27-25(31)19(3)28(16-20-10-8-9-18(2)14-20)24(30)17-29(35(5,32)33)22-15-21(26)11-12-23(22)34-4/h8-12,14-15,19H,6-7,13,16-17H2,1-5H3,(H,27,31). The summed E-state index contributed by atoms with van der Waals surface area (Å²) in [5.74, 6) is -0.578. The van der Waals surface area contributed by atoms with Crippen LogP contribution in [-0.4, -0.2) is 57.6 Å². The van der Waals surface area contributed by atoms with Crippen LogP contribution in [-0.2, 0) is 26.2 Å². The number of rotatable bonds is 12. The topological polar surface area (TPSA) is 96.0 Å². The van der Waals surface area contributed by atoms with E-state index in [2.05, 4.69) is 5.32 Å². The number of halogens is 1. The van der Waals surface area contributed by atoms with Gasteiger partial charge in [-0.25, -0.2) is 8.42 Å². The largest absolute Gasteiger partial charge is 0.495 e. The van der Waals surface area contributed by atoms with Gasteiger partial charge in [0, 0.05) is 18.1 Å². The summed E-state index contributed by atoms with van der Waals surface area (Å²) in [6, 6.07) is 11.3. The fraction of sp³-hybridized carbons (Fsp3) is 0.440. The number of nitrogens with one attached hydrogen (secondary N) is 1. The van der Waals surface area contributed by atoms with E-state index in [1.54, 1.807) is 13.0 Å². The third-order valence-corrected chi connectivity index (χ3v) is 6.88. The molecule has 0 saturated carbocycles. The summed E-state index contributed by atoms with van der Waals surface area (Å²) in [7, 11) is -2.49. The zero-order valence-corrected chi connectivity index (χ0v) is 22.4. The highest BCUT2D eigenvalue weighted by Gasteiger charge is 2.31. The Morgan fingerprint density at radius 1 is 1.17 bits per heavy atom. The highest BCUT2D eigenvalue weighted by molar-refractivity contribution is 7.92. The van der Waals surface area contributed by atoms with Gasteiger partial charge < -0.3 is 15.0 Å². The molecule has 2 aromatic carbocycles. The average Bonchev–Trinajstić information content (AvgIpc) is 2.79. The van der Waals surface area contributed by atoms with Crippen molar-refractivity contribution in [1.29, 1.82) is 0 Å². The minimum absolute atomic E-state index is 0.145. The summed E-state index contributed by atoms with van der Waals surface area (Å²) in [6.45, 7) is 5.72. The van der Waals surface area contributed by atoms with Crippen LogP contribution in [0, 0.1) is 6.92 Å². The highest BCUT2D eigenvalue weighted by Crippen LogP contribution is 2.33. The van der Waals surface area contributed by atoms with E-state index in [4.69, 9.17) is 16.3 Å². The van der Waals surface area contributed by atoms with Crippen LogP contribution in [0.2, 0.25) is 5.02 Å². The molecule has 0 saturated heterocycles. The highest BCUT2D eigenvalue weighted by atomic mass is 35.5. The Hall–Kier alpha value is -2.78. The molecule has 0 bridgehead atoms. The second kappa shape index (κ2) is 12.8. The molecule has 0 aromatic heterocycles. The maximum Gasteiger partial charge on any atom is 0.244 e. The van der Waals surface area contributed by atoms with Gasteiger partial charge in [0.15, 0.2) is 0 Å². The lowest BCUT2D eigenvalue weighted by Gasteiger charge is -2.32. The summed E-state index contributed by atoms with van der Waals surface area (Å²) < 4.78 is 31.7. The number of methoxy groups -OCH3 is 1. The molecule has 0 aliphatic rings. The van der Waals surface area contributed by atoms with Gasteiger partial charge in [-0.3, -0.25) is 13.9 Å². The third-order valence-electron chi connectivity index (χ3n) is 5.52. The van der Waals surface area contributed by atoms with Crippen molar-refractivity contribution in [2.24, 2.45) is 0 Å². The first kappa shape index (κ1) is 28.5. The number of hydrogen-bond acceptors (Lipinski definition) is 5. The minimum atomic E-state index is -3.89. The minimum Gasteiger partial charge on any atom is -0.495 e. The van der Waals surface area contributed by atoms with E-state index >= 15 is 0 Å². The number of hydrogen-bond donors (Lipinski definition) is 1. The maximum absolute atomic E-state index is 13.6. The molecule has 0 aliphatic heterocycles. The summed E-state index contributed by atoms with van der Waals surface area (Å²) in [5.41, 5.74) is 1.99. The SMILES string of the molecule is CCCCNC(=O)C(C)N(Cc1cccc(C)c1)C(=O)CN(c1cc(Cl)ccc1OC)S(C)(=O)=O. The fourth-order valence-corrected chi connectivity index (χ4v) is 4.59. The van der Waals surface area contributed by atoms with E-state index in [-0.39, 0.29) is 23.9 Å². The summed E-state index contributed by atoms with van der Waals surface area (Å²) in [6.07, 6.45) is 2.75. The van der Waals surface area contributed by atoms with Crippen molar-refractivity contribution in [1.82, 2.24) is 10.2 Å². The number of aryl methyl sites for hydroxylation is 1. The summed E-state index contributed by atoms with van der Waals surface area (Å²) >= 11 is 6.12. The van der Waals surface area contributed by atoms with Gasteiger partial charge in [0.25, 0.3) is 0 Å². The molecular weight excluding hydrogens is 490 g/mol. The number of benzene rings is 2. The van der Waals surface area contributed by atoms with Crippen molar-refractivity contribution < 1.29 is 22.7 Å². The van der Waals surface area contributed by atoms with E-state index in [0.29, 0.717) is 11.6 Å². The molecule has 8 nitrogen and oxygen atoms in total. The molecule has 2 amide bonds. The van der Waals surface area contributed by atoms with Crippen molar-refractivity contribution in [2.75, 3.05) is 30.8 Å². The molecule has 1 N–H and O–H groups in total. The Morgan fingerprint density at radius 2 is 1.89 bits per heavy atom. The lowest BCUT2D eigenvalue weighted by Crippen LogP contribution is -2.51. The molecule has 1 unspecified atom stereocenters. The Labute approximate surface area is 213 Å². The van der Waals surface area contributed by atoms with E-state index in [1.165, 1.54) is 24.1 Å². The van der Waals surface area contributed by atoms with E-state index in [1.807, 2.05) is 38.1 Å². The lowest BCUT2D eigenvalue weighted by molar-refractivity contribution is -0.139. The molecule has 0 heterocycles. The normalized spacial score (nSPS) is 12.1. The Balaban J connectivity index is 2.42. The van der Waals surface area contributed by atoms with E-state index in [0.717, 1.165) is 34.5 Å². The van der Waals surface area contributed by atoms with Crippen molar-refractivity contribution >= 4 is 39.1 Å². The van der Waals surface area contributed by atoms with Gasteiger partial charge in [-0.15, -0.1) is 0 Å². The van der Waals surface area contributed by atoms with Gasteiger partial charge in [0.2, 0.25) is 21.8 Å². The van der Waals surface area contributed by atoms with Gasteiger partial charge in [-0.1, -0.05) is 54.8 Å². The number of ether oxygens (including phenoxy) is 1. The van der Waals surface area contributed by atoms with E-state index in [9.17, 15) is 18.0 Å². The van der Waals surface area contributed by atoms with Gasteiger partial charge in [-0.2, -0.15) is 0 Å². The Kier molecular flexibility index (Phi) is 10.4. The fourth-order valence-electron chi connectivity index (χ4n) is 3.58. The van der Waals surface area contributed by atoms with Crippen molar-refractivity contribution in [3.05, 3.63) is 58.6 Å². The van der Waals surface area contributed by atoms with Crippen molar-refractivity contribution in [2.45, 2.75) is 46.2 Å². The lowest BCUT2D eigenvalue weighted by atomic mass is 10.1. The number of anilines is 1. The van der Waals surface area contributed by atoms with E-state index < -0.39 is 28.5 Å². The average molecular weight is 524 g/mol. The Morgan fingerprint density at radius 3 is 2.49 bits per heavy atom. The molecule has 2 rings (SSSR count). The monoisotopic (exact) mass is 523 g/mol. The van der Waals surface area contributed by atoms with Gasteiger partial charge in [0.05, 0.1) is 19.1 Å².